The van der Waals surface area contributed by atoms with Gasteiger partial charge in [-0.1, -0.05) is 249 Å². The maximum Gasteiger partial charge on any atom is 0.220 e. The number of hydrogen-bond donors (Lipinski definition) is 9. The fraction of sp³-hybridized carbons (Fsp3) is 0.866. The zero-order chi connectivity index (χ0) is 58.8. The second kappa shape index (κ2) is 52.3. The molecular weight excluding hydrogens is 1030 g/mol. The quantitative estimate of drug-likeness (QED) is 0.0204. The molecule has 2 heterocycles. The van der Waals surface area contributed by atoms with Crippen molar-refractivity contribution in [2.24, 2.45) is 0 Å². The maximum atomic E-state index is 13.3. The first-order valence-electron chi connectivity index (χ1n) is 33.4. The van der Waals surface area contributed by atoms with Crippen molar-refractivity contribution in [3.05, 3.63) is 48.6 Å². The molecule has 1 amide bonds. The second-order valence-corrected chi connectivity index (χ2v) is 23.6. The largest absolute Gasteiger partial charge is 0.394 e. The van der Waals surface area contributed by atoms with Crippen LogP contribution in [0, 0.1) is 0 Å². The number of rotatable bonds is 54. The standard InChI is InChI=1S/C67H123NO13/c1-3-5-7-9-11-13-15-17-19-21-23-25-27-28-29-31-33-35-37-39-41-43-45-47-49-51-59(72)68-55(54-78-66-64(77)62(75)65(58(53-70)80-66)81-67-63(76)61(74)60(73)57(52-69)79-67)56(71)50-48-46-44-42-40-38-36-34-32-30-26-24-22-20-18-16-14-12-10-8-6-4-2/h21,23,32,34,40,42,48,50,55-58,60-67,69-71,73-77H,3-20,22,24-31,33,35-39,41,43-47,49,51-54H2,1-2H3,(H,68,72)/b23-21-,34-32+,42-40+,50-48+. The van der Waals surface area contributed by atoms with Crippen LogP contribution in [0.3, 0.4) is 0 Å². The summed E-state index contributed by atoms with van der Waals surface area (Å²) in [4.78, 5) is 13.3. The van der Waals surface area contributed by atoms with Gasteiger partial charge in [-0.05, 0) is 70.6 Å². The molecule has 0 bridgehead atoms. The Labute approximate surface area is 493 Å². The first-order valence-corrected chi connectivity index (χ1v) is 33.4. The molecule has 12 atom stereocenters. The third kappa shape index (κ3) is 37.2. The smallest absolute Gasteiger partial charge is 0.220 e. The summed E-state index contributed by atoms with van der Waals surface area (Å²) >= 11 is 0. The van der Waals surface area contributed by atoms with Crippen LogP contribution in [0.25, 0.3) is 0 Å². The van der Waals surface area contributed by atoms with Crippen molar-refractivity contribution < 1.29 is 64.6 Å². The lowest BCUT2D eigenvalue weighted by Gasteiger charge is -2.46. The average molecular weight is 1150 g/mol. The second-order valence-electron chi connectivity index (χ2n) is 23.6. The number of hydrogen-bond acceptors (Lipinski definition) is 13. The summed E-state index contributed by atoms with van der Waals surface area (Å²) in [6.45, 7) is 2.80. The van der Waals surface area contributed by atoms with Gasteiger partial charge >= 0.3 is 0 Å². The molecule has 9 N–H and O–H groups in total. The van der Waals surface area contributed by atoms with Crippen LogP contribution in [0.4, 0.5) is 0 Å². The van der Waals surface area contributed by atoms with Gasteiger partial charge in [0.05, 0.1) is 32.0 Å². The summed E-state index contributed by atoms with van der Waals surface area (Å²) in [5.74, 6) is -0.251. The first kappa shape index (κ1) is 75.0. The molecule has 2 aliphatic heterocycles. The minimum Gasteiger partial charge on any atom is -0.394 e. The number of allylic oxidation sites excluding steroid dienone is 7. The van der Waals surface area contributed by atoms with Crippen molar-refractivity contribution in [3.8, 4) is 0 Å². The number of nitrogens with one attached hydrogen (secondary N) is 1. The SMILES string of the molecule is CCCCCCCCCC/C=C\CCCCCCCCCCCCCCCC(=O)NC(COC1OC(CO)C(OC2OC(CO)C(O)C(O)C2O)C(O)C1O)C(O)/C=C/CC/C=C/CC/C=C/CCCCCCCCCCCCCC. The van der Waals surface area contributed by atoms with Crippen molar-refractivity contribution in [2.45, 2.75) is 351 Å². The monoisotopic (exact) mass is 1150 g/mol. The van der Waals surface area contributed by atoms with E-state index < -0.39 is 86.8 Å². The molecule has 0 aromatic carbocycles. The number of carbonyl (C=O) groups is 1. The zero-order valence-corrected chi connectivity index (χ0v) is 51.3. The average Bonchev–Trinajstić information content (AvgIpc) is 3.47. The molecule has 2 rings (SSSR count). The van der Waals surface area contributed by atoms with Gasteiger partial charge in [0.15, 0.2) is 12.6 Å². The van der Waals surface area contributed by atoms with E-state index in [-0.39, 0.29) is 18.9 Å². The fourth-order valence-corrected chi connectivity index (χ4v) is 10.8. The highest BCUT2D eigenvalue weighted by Crippen LogP contribution is 2.30. The first-order chi connectivity index (χ1) is 39.6. The van der Waals surface area contributed by atoms with Crippen LogP contribution in [-0.2, 0) is 23.7 Å². The Morgan fingerprint density at radius 1 is 0.432 bits per heavy atom. The van der Waals surface area contributed by atoms with Crippen LogP contribution in [0.15, 0.2) is 48.6 Å². The van der Waals surface area contributed by atoms with Gasteiger partial charge in [-0.15, -0.1) is 0 Å². The number of amides is 1. The predicted molar refractivity (Wildman–Crippen MR) is 327 cm³/mol. The van der Waals surface area contributed by atoms with Crippen LogP contribution in [0.1, 0.15) is 277 Å². The maximum absolute atomic E-state index is 13.3. The topological polar surface area (TPSA) is 228 Å². The molecule has 0 radical (unpaired) electrons. The highest BCUT2D eigenvalue weighted by Gasteiger charge is 2.51. The van der Waals surface area contributed by atoms with E-state index in [0.29, 0.717) is 12.8 Å². The van der Waals surface area contributed by atoms with Gasteiger partial charge in [0.25, 0.3) is 0 Å². The number of aliphatic hydroxyl groups is 8. The molecule has 14 heteroatoms. The van der Waals surface area contributed by atoms with Crippen molar-refractivity contribution in [1.82, 2.24) is 5.32 Å². The van der Waals surface area contributed by atoms with E-state index in [1.807, 2.05) is 6.08 Å². The molecule has 0 spiro atoms. The Kier molecular flexibility index (Phi) is 48.5. The van der Waals surface area contributed by atoms with Crippen LogP contribution < -0.4 is 5.32 Å². The molecular formula is C67H123NO13. The van der Waals surface area contributed by atoms with E-state index in [0.717, 1.165) is 44.9 Å². The van der Waals surface area contributed by atoms with Gasteiger partial charge in [0.1, 0.15) is 48.8 Å². The number of aliphatic hydroxyl groups excluding tert-OH is 8. The van der Waals surface area contributed by atoms with E-state index in [1.54, 1.807) is 6.08 Å². The Hall–Kier alpha value is -2.05. The molecule has 0 saturated carbocycles. The van der Waals surface area contributed by atoms with Crippen molar-refractivity contribution in [1.29, 1.82) is 0 Å². The van der Waals surface area contributed by atoms with E-state index in [2.05, 4.69) is 55.6 Å². The number of unbranched alkanes of at least 4 members (excludes halogenated alkanes) is 35. The summed E-state index contributed by atoms with van der Waals surface area (Å²) < 4.78 is 22.8. The van der Waals surface area contributed by atoms with Crippen LogP contribution in [-0.4, -0.2) is 140 Å². The number of ether oxygens (including phenoxy) is 4. The van der Waals surface area contributed by atoms with Crippen molar-refractivity contribution in [2.75, 3.05) is 19.8 Å². The Balaban J connectivity index is 1.73. The molecule has 81 heavy (non-hydrogen) atoms. The zero-order valence-electron chi connectivity index (χ0n) is 51.3. The minimum atomic E-state index is -1.79. The predicted octanol–water partition coefficient (Wildman–Crippen LogP) is 12.7. The van der Waals surface area contributed by atoms with E-state index >= 15 is 0 Å². The van der Waals surface area contributed by atoms with Gasteiger partial charge in [-0.3, -0.25) is 4.79 Å². The Morgan fingerprint density at radius 3 is 1.21 bits per heavy atom. The minimum absolute atomic E-state index is 0.251. The summed E-state index contributed by atoms with van der Waals surface area (Å²) in [5.41, 5.74) is 0. The van der Waals surface area contributed by atoms with Crippen LogP contribution in [0.2, 0.25) is 0 Å². The Bertz CT molecular complexity index is 1540. The lowest BCUT2D eigenvalue weighted by molar-refractivity contribution is -0.359. The van der Waals surface area contributed by atoms with E-state index in [9.17, 15) is 45.6 Å². The van der Waals surface area contributed by atoms with Gasteiger partial charge in [0.2, 0.25) is 5.91 Å². The van der Waals surface area contributed by atoms with Crippen molar-refractivity contribution in [3.63, 3.8) is 0 Å². The molecule has 2 saturated heterocycles. The van der Waals surface area contributed by atoms with Crippen molar-refractivity contribution >= 4 is 5.91 Å². The fourth-order valence-electron chi connectivity index (χ4n) is 10.8. The molecule has 14 nitrogen and oxygen atoms in total. The highest BCUT2D eigenvalue weighted by molar-refractivity contribution is 5.76. The Morgan fingerprint density at radius 2 is 0.790 bits per heavy atom. The van der Waals surface area contributed by atoms with Crippen LogP contribution in [0.5, 0.6) is 0 Å². The molecule has 0 aliphatic carbocycles. The van der Waals surface area contributed by atoms with Gasteiger partial charge in [0, 0.05) is 6.42 Å². The lowest BCUT2D eigenvalue weighted by atomic mass is 9.97. The highest BCUT2D eigenvalue weighted by atomic mass is 16.7. The summed E-state index contributed by atoms with van der Waals surface area (Å²) in [5, 5.41) is 87.3. The summed E-state index contributed by atoms with van der Waals surface area (Å²) in [6.07, 6.45) is 50.2. The van der Waals surface area contributed by atoms with E-state index in [4.69, 9.17) is 18.9 Å². The molecule has 2 aliphatic rings. The summed E-state index contributed by atoms with van der Waals surface area (Å²) in [6, 6.07) is -0.939. The van der Waals surface area contributed by atoms with Crippen LogP contribution >= 0.6 is 0 Å². The molecule has 0 aromatic rings. The normalized spacial score (nSPS) is 24.4. The molecule has 2 fully saturated rings. The summed E-state index contributed by atoms with van der Waals surface area (Å²) in [7, 11) is 0. The third-order valence-electron chi connectivity index (χ3n) is 16.2. The molecule has 0 aromatic heterocycles. The molecule has 474 valence electrons. The third-order valence-corrected chi connectivity index (χ3v) is 16.2. The van der Waals surface area contributed by atoms with Gasteiger partial charge in [-0.25, -0.2) is 0 Å². The van der Waals surface area contributed by atoms with E-state index in [1.165, 1.54) is 199 Å². The molecule has 12 unspecified atom stereocenters. The number of carbonyl (C=O) groups excluding carboxylic acids is 1. The van der Waals surface area contributed by atoms with Gasteiger partial charge in [-0.2, -0.15) is 0 Å². The van der Waals surface area contributed by atoms with Gasteiger partial charge < -0.3 is 65.1 Å². The lowest BCUT2D eigenvalue weighted by Crippen LogP contribution is -2.65.